The van der Waals surface area contributed by atoms with Gasteiger partial charge in [0, 0.05) is 26.2 Å². The molecule has 3 aromatic carbocycles. The molecule has 0 fully saturated rings. The lowest BCUT2D eigenvalue weighted by atomic mass is 10.1. The highest BCUT2D eigenvalue weighted by atomic mass is 16.5. The summed E-state index contributed by atoms with van der Waals surface area (Å²) in [6.45, 7) is 3.15. The number of hydroxylamine groups is 2. The largest absolute Gasteiger partial charge is 0.377 e. The molecular weight excluding hydrogens is 360 g/mol. The van der Waals surface area contributed by atoms with Crippen molar-refractivity contribution in [2.24, 2.45) is 0 Å². The van der Waals surface area contributed by atoms with E-state index < -0.39 is 0 Å². The fourth-order valence-corrected chi connectivity index (χ4v) is 3.22. The SMILES string of the molecule is ON(Cc1ccccc1)C(CCOCc1ccccc1)CNCc1ccccc1. The zero-order valence-corrected chi connectivity index (χ0v) is 16.8. The first-order valence-electron chi connectivity index (χ1n) is 10.2. The van der Waals surface area contributed by atoms with Crippen molar-refractivity contribution in [3.63, 3.8) is 0 Å². The van der Waals surface area contributed by atoms with Crippen molar-refractivity contribution in [3.05, 3.63) is 108 Å². The molecule has 0 aliphatic rings. The van der Waals surface area contributed by atoms with Crippen molar-refractivity contribution in [3.8, 4) is 0 Å². The lowest BCUT2D eigenvalue weighted by Crippen LogP contribution is -2.40. The van der Waals surface area contributed by atoms with Gasteiger partial charge in [-0.1, -0.05) is 91.0 Å². The number of hydrogen-bond donors (Lipinski definition) is 2. The molecular formula is C25H30N2O2. The summed E-state index contributed by atoms with van der Waals surface area (Å²) in [7, 11) is 0. The third-order valence-electron chi connectivity index (χ3n) is 4.87. The van der Waals surface area contributed by atoms with E-state index in [1.165, 1.54) is 10.6 Å². The van der Waals surface area contributed by atoms with E-state index in [0.717, 1.165) is 24.1 Å². The summed E-state index contributed by atoms with van der Waals surface area (Å²) in [5, 5.41) is 15.6. The van der Waals surface area contributed by atoms with E-state index in [4.69, 9.17) is 4.74 Å². The summed E-state index contributed by atoms with van der Waals surface area (Å²) in [6.07, 6.45) is 0.748. The fourth-order valence-electron chi connectivity index (χ4n) is 3.22. The first-order valence-corrected chi connectivity index (χ1v) is 10.2. The van der Waals surface area contributed by atoms with E-state index in [1.807, 2.05) is 66.7 Å². The molecule has 0 saturated carbocycles. The Bertz CT molecular complexity index is 797. The highest BCUT2D eigenvalue weighted by Crippen LogP contribution is 2.10. The van der Waals surface area contributed by atoms with Crippen LogP contribution in [-0.4, -0.2) is 29.5 Å². The molecule has 2 N–H and O–H groups in total. The fraction of sp³-hybridized carbons (Fsp3) is 0.280. The van der Waals surface area contributed by atoms with E-state index in [2.05, 4.69) is 29.6 Å². The van der Waals surface area contributed by atoms with Gasteiger partial charge < -0.3 is 15.3 Å². The van der Waals surface area contributed by atoms with E-state index in [9.17, 15) is 5.21 Å². The van der Waals surface area contributed by atoms with Crippen molar-refractivity contribution < 1.29 is 9.94 Å². The van der Waals surface area contributed by atoms with Gasteiger partial charge in [0.1, 0.15) is 0 Å². The summed E-state index contributed by atoms with van der Waals surface area (Å²) in [6, 6.07) is 30.5. The smallest absolute Gasteiger partial charge is 0.0716 e. The van der Waals surface area contributed by atoms with Crippen LogP contribution in [0.1, 0.15) is 23.1 Å². The zero-order valence-electron chi connectivity index (χ0n) is 16.8. The summed E-state index contributed by atoms with van der Waals surface area (Å²) in [5.74, 6) is 0. The maximum atomic E-state index is 10.7. The molecule has 0 aliphatic carbocycles. The van der Waals surface area contributed by atoms with Gasteiger partial charge in [-0.05, 0) is 23.1 Å². The van der Waals surface area contributed by atoms with Crippen molar-refractivity contribution in [2.75, 3.05) is 13.2 Å². The van der Waals surface area contributed by atoms with Crippen LogP contribution in [0.4, 0.5) is 0 Å². The summed E-state index contributed by atoms with van der Waals surface area (Å²) < 4.78 is 5.85. The average molecular weight is 391 g/mol. The molecule has 1 unspecified atom stereocenters. The third kappa shape index (κ3) is 7.80. The minimum atomic E-state index is -0.0327. The summed E-state index contributed by atoms with van der Waals surface area (Å²) in [5.41, 5.74) is 3.49. The Kier molecular flexibility index (Phi) is 8.88. The topological polar surface area (TPSA) is 44.7 Å². The number of benzene rings is 3. The number of nitrogens with zero attached hydrogens (tertiary/aromatic N) is 1. The molecule has 0 saturated heterocycles. The molecule has 0 amide bonds. The van der Waals surface area contributed by atoms with Gasteiger partial charge in [0.25, 0.3) is 0 Å². The van der Waals surface area contributed by atoms with Crippen LogP contribution < -0.4 is 5.32 Å². The molecule has 3 aromatic rings. The average Bonchev–Trinajstić information content (AvgIpc) is 2.77. The minimum Gasteiger partial charge on any atom is -0.377 e. The Morgan fingerprint density at radius 3 is 1.93 bits per heavy atom. The van der Waals surface area contributed by atoms with E-state index in [-0.39, 0.29) is 6.04 Å². The van der Waals surface area contributed by atoms with Gasteiger partial charge in [0.15, 0.2) is 0 Å². The van der Waals surface area contributed by atoms with Gasteiger partial charge in [-0.3, -0.25) is 0 Å². The second-order valence-electron chi connectivity index (χ2n) is 7.18. The first kappa shape index (κ1) is 21.2. The van der Waals surface area contributed by atoms with Crippen LogP contribution >= 0.6 is 0 Å². The van der Waals surface area contributed by atoms with Crippen LogP contribution in [0.3, 0.4) is 0 Å². The van der Waals surface area contributed by atoms with Gasteiger partial charge in [-0.2, -0.15) is 5.06 Å². The first-order chi connectivity index (χ1) is 14.3. The van der Waals surface area contributed by atoms with Crippen molar-refractivity contribution in [2.45, 2.75) is 32.2 Å². The van der Waals surface area contributed by atoms with Gasteiger partial charge in [-0.15, -0.1) is 0 Å². The van der Waals surface area contributed by atoms with Gasteiger partial charge in [0.2, 0.25) is 0 Å². The molecule has 152 valence electrons. The molecule has 4 heteroatoms. The third-order valence-corrected chi connectivity index (χ3v) is 4.87. The normalized spacial score (nSPS) is 12.2. The number of ether oxygens (including phenoxy) is 1. The van der Waals surface area contributed by atoms with Crippen molar-refractivity contribution in [1.82, 2.24) is 10.4 Å². The predicted molar refractivity (Wildman–Crippen MR) is 116 cm³/mol. The van der Waals surface area contributed by atoms with Gasteiger partial charge >= 0.3 is 0 Å². The van der Waals surface area contributed by atoms with Gasteiger partial charge in [-0.25, -0.2) is 0 Å². The Morgan fingerprint density at radius 2 is 1.31 bits per heavy atom. The summed E-state index contributed by atoms with van der Waals surface area (Å²) >= 11 is 0. The highest BCUT2D eigenvalue weighted by molar-refractivity contribution is 5.15. The number of hydrogen-bond acceptors (Lipinski definition) is 4. The van der Waals surface area contributed by atoms with Gasteiger partial charge in [0.05, 0.1) is 12.6 Å². The number of rotatable bonds is 12. The quantitative estimate of drug-likeness (QED) is 0.349. The molecule has 0 spiro atoms. The maximum absolute atomic E-state index is 10.7. The lowest BCUT2D eigenvalue weighted by molar-refractivity contribution is -0.140. The van der Waals surface area contributed by atoms with Crippen LogP contribution in [0.15, 0.2) is 91.0 Å². The van der Waals surface area contributed by atoms with Crippen molar-refractivity contribution >= 4 is 0 Å². The van der Waals surface area contributed by atoms with Crippen LogP contribution in [0.25, 0.3) is 0 Å². The van der Waals surface area contributed by atoms with Crippen LogP contribution in [0.5, 0.6) is 0 Å². The monoisotopic (exact) mass is 390 g/mol. The van der Waals surface area contributed by atoms with E-state index >= 15 is 0 Å². The second-order valence-corrected chi connectivity index (χ2v) is 7.18. The Labute approximate surface area is 173 Å². The Balaban J connectivity index is 1.50. The molecule has 0 bridgehead atoms. The molecule has 4 nitrogen and oxygen atoms in total. The van der Waals surface area contributed by atoms with Crippen LogP contribution in [0.2, 0.25) is 0 Å². The zero-order chi connectivity index (χ0) is 20.2. The minimum absolute atomic E-state index is 0.0327. The maximum Gasteiger partial charge on any atom is 0.0716 e. The lowest BCUT2D eigenvalue weighted by Gasteiger charge is -2.26. The molecule has 0 aliphatic heterocycles. The van der Waals surface area contributed by atoms with E-state index in [1.54, 1.807) is 0 Å². The molecule has 0 heterocycles. The molecule has 1 atom stereocenters. The van der Waals surface area contributed by atoms with Crippen molar-refractivity contribution in [1.29, 1.82) is 0 Å². The Morgan fingerprint density at radius 1 is 0.759 bits per heavy atom. The summed E-state index contributed by atoms with van der Waals surface area (Å²) in [4.78, 5) is 0. The molecule has 3 rings (SSSR count). The molecule has 29 heavy (non-hydrogen) atoms. The number of nitrogens with one attached hydrogen (secondary N) is 1. The molecule has 0 aromatic heterocycles. The second kappa shape index (κ2) is 12.1. The Hall–Kier alpha value is -2.50. The van der Waals surface area contributed by atoms with Crippen LogP contribution in [-0.2, 0) is 24.4 Å². The van der Waals surface area contributed by atoms with Crippen LogP contribution in [0, 0.1) is 0 Å². The molecule has 0 radical (unpaired) electrons. The highest BCUT2D eigenvalue weighted by Gasteiger charge is 2.17. The predicted octanol–water partition coefficient (Wildman–Crippen LogP) is 4.64. The van der Waals surface area contributed by atoms with E-state index in [0.29, 0.717) is 26.3 Å². The standard InChI is InChI=1S/C25H30N2O2/c28-27(20-23-12-6-2-7-13-23)25(19-26-18-22-10-4-1-5-11-22)16-17-29-21-24-14-8-3-9-15-24/h1-15,25-26,28H,16-21H2.